The maximum absolute atomic E-state index is 5.80. The van der Waals surface area contributed by atoms with E-state index in [9.17, 15) is 0 Å². The number of para-hydroxylation sites is 1. The Balaban J connectivity index is 1.67. The van der Waals surface area contributed by atoms with E-state index in [4.69, 9.17) is 19.4 Å². The Labute approximate surface area is 153 Å². The molecule has 2 heterocycles. The minimum Gasteiger partial charge on any atom is -0.381 e. The summed E-state index contributed by atoms with van der Waals surface area (Å²) in [5.41, 5.74) is 2.74. The zero-order valence-electron chi connectivity index (χ0n) is 14.9. The van der Waals surface area contributed by atoms with Gasteiger partial charge in [0.1, 0.15) is 0 Å². The molecule has 0 aliphatic carbocycles. The summed E-state index contributed by atoms with van der Waals surface area (Å²) < 4.78 is 11.3. The third-order valence-electron chi connectivity index (χ3n) is 5.06. The van der Waals surface area contributed by atoms with Crippen LogP contribution in [0.2, 0.25) is 0 Å². The van der Waals surface area contributed by atoms with Crippen molar-refractivity contribution in [2.45, 2.75) is 18.4 Å². The molecule has 1 aliphatic rings. The van der Waals surface area contributed by atoms with E-state index in [1.54, 1.807) is 7.11 Å². The molecule has 3 aromatic rings. The number of benzene rings is 2. The van der Waals surface area contributed by atoms with Crippen molar-refractivity contribution in [2.24, 2.45) is 0 Å². The maximum Gasteiger partial charge on any atom is 0.223 e. The minimum absolute atomic E-state index is 0.222. The average molecular weight is 349 g/mol. The Morgan fingerprint density at radius 2 is 1.73 bits per heavy atom. The molecule has 26 heavy (non-hydrogen) atoms. The predicted octanol–water partition coefficient (Wildman–Crippen LogP) is 3.90. The number of hydrogen-bond acceptors (Lipinski definition) is 5. The first-order valence-corrected chi connectivity index (χ1v) is 8.99. The van der Waals surface area contributed by atoms with Crippen LogP contribution < -0.4 is 5.32 Å². The van der Waals surface area contributed by atoms with Gasteiger partial charge in [0.15, 0.2) is 0 Å². The van der Waals surface area contributed by atoms with Crippen LogP contribution in [0.5, 0.6) is 0 Å². The molecule has 0 atom stereocenters. The monoisotopic (exact) mass is 349 g/mol. The van der Waals surface area contributed by atoms with Crippen molar-refractivity contribution in [2.75, 3.05) is 32.2 Å². The van der Waals surface area contributed by atoms with Gasteiger partial charge in [0.05, 0.1) is 16.8 Å². The smallest absolute Gasteiger partial charge is 0.223 e. The number of aromatic nitrogens is 2. The Kier molecular flexibility index (Phi) is 4.82. The van der Waals surface area contributed by atoms with Crippen LogP contribution in [-0.4, -0.2) is 42.4 Å². The molecule has 0 amide bonds. The number of fused-ring (bicyclic) bond motifs is 1. The zero-order chi connectivity index (χ0) is 17.8. The molecular formula is C21H23N3O2. The quantitative estimate of drug-likeness (QED) is 0.757. The second kappa shape index (κ2) is 7.40. The van der Waals surface area contributed by atoms with E-state index in [1.807, 2.05) is 36.4 Å². The lowest BCUT2D eigenvalue weighted by Gasteiger charge is -2.35. The molecule has 0 spiro atoms. The molecule has 1 saturated heterocycles. The minimum atomic E-state index is -0.222. The van der Waals surface area contributed by atoms with Gasteiger partial charge in [-0.1, -0.05) is 48.5 Å². The third-order valence-corrected chi connectivity index (χ3v) is 5.06. The molecule has 0 unspecified atom stereocenters. The highest BCUT2D eigenvalue weighted by atomic mass is 16.5. The molecule has 4 rings (SSSR count). The van der Waals surface area contributed by atoms with Crippen molar-refractivity contribution >= 4 is 16.9 Å². The molecule has 1 N–H and O–H groups in total. The summed E-state index contributed by atoms with van der Waals surface area (Å²) in [4.78, 5) is 9.51. The van der Waals surface area contributed by atoms with Crippen molar-refractivity contribution in [1.29, 1.82) is 0 Å². The fourth-order valence-corrected chi connectivity index (χ4v) is 3.41. The lowest BCUT2D eigenvalue weighted by molar-refractivity contribution is -0.0807. The first kappa shape index (κ1) is 16.9. The van der Waals surface area contributed by atoms with Gasteiger partial charge in [-0.05, 0) is 6.07 Å². The molecule has 2 aromatic carbocycles. The van der Waals surface area contributed by atoms with Crippen molar-refractivity contribution in [3.63, 3.8) is 0 Å². The fraction of sp³-hybridized carbons (Fsp3) is 0.333. The molecular weight excluding hydrogens is 326 g/mol. The van der Waals surface area contributed by atoms with Gasteiger partial charge in [-0.2, -0.15) is 0 Å². The van der Waals surface area contributed by atoms with Gasteiger partial charge in [-0.25, -0.2) is 9.97 Å². The highest BCUT2D eigenvalue weighted by molar-refractivity contribution is 5.93. The number of anilines is 1. The molecule has 1 aliphatic heterocycles. The van der Waals surface area contributed by atoms with E-state index >= 15 is 0 Å². The van der Waals surface area contributed by atoms with Crippen LogP contribution in [0, 0.1) is 0 Å². The second-order valence-corrected chi connectivity index (χ2v) is 6.63. The van der Waals surface area contributed by atoms with Crippen LogP contribution in [0.25, 0.3) is 22.2 Å². The summed E-state index contributed by atoms with van der Waals surface area (Å²) in [6.07, 6.45) is 1.74. The Hall–Kier alpha value is -2.50. The highest BCUT2D eigenvalue weighted by Gasteiger charge is 2.32. The van der Waals surface area contributed by atoms with Crippen molar-refractivity contribution < 1.29 is 9.47 Å². The second-order valence-electron chi connectivity index (χ2n) is 6.63. The van der Waals surface area contributed by atoms with Crippen molar-refractivity contribution in [3.05, 3.63) is 54.6 Å². The lowest BCUT2D eigenvalue weighted by Crippen LogP contribution is -2.44. The van der Waals surface area contributed by atoms with E-state index in [0.29, 0.717) is 12.5 Å². The van der Waals surface area contributed by atoms with Gasteiger partial charge >= 0.3 is 0 Å². The summed E-state index contributed by atoms with van der Waals surface area (Å²) >= 11 is 0. The van der Waals surface area contributed by atoms with E-state index in [0.717, 1.165) is 48.2 Å². The molecule has 1 fully saturated rings. The number of nitrogens with zero attached hydrogens (tertiary/aromatic N) is 2. The summed E-state index contributed by atoms with van der Waals surface area (Å²) in [6, 6.07) is 18.3. The summed E-state index contributed by atoms with van der Waals surface area (Å²) in [5.74, 6) is 0.630. The number of nitrogens with one attached hydrogen (secondary N) is 1. The SMILES string of the molecule is COC1(CNc2nc(-c3ccccc3)c3ccccc3n2)CCOCC1. The van der Waals surface area contributed by atoms with Gasteiger partial charge < -0.3 is 14.8 Å². The van der Waals surface area contributed by atoms with Gasteiger partial charge in [0.2, 0.25) is 5.95 Å². The van der Waals surface area contributed by atoms with Crippen LogP contribution in [0.1, 0.15) is 12.8 Å². The fourth-order valence-electron chi connectivity index (χ4n) is 3.41. The van der Waals surface area contributed by atoms with Gasteiger partial charge in [0.25, 0.3) is 0 Å². The van der Waals surface area contributed by atoms with Crippen LogP contribution in [-0.2, 0) is 9.47 Å². The molecule has 5 nitrogen and oxygen atoms in total. The first-order valence-electron chi connectivity index (χ1n) is 8.99. The Morgan fingerprint density at radius 3 is 2.50 bits per heavy atom. The van der Waals surface area contributed by atoms with E-state index < -0.39 is 0 Å². The largest absolute Gasteiger partial charge is 0.381 e. The normalized spacial score (nSPS) is 16.5. The molecule has 0 saturated carbocycles. The van der Waals surface area contributed by atoms with Gasteiger partial charge in [0, 0.05) is 50.7 Å². The van der Waals surface area contributed by atoms with E-state index in [1.165, 1.54) is 0 Å². The Morgan fingerprint density at radius 1 is 1.00 bits per heavy atom. The molecule has 1 aromatic heterocycles. The molecule has 5 heteroatoms. The van der Waals surface area contributed by atoms with E-state index in [2.05, 4.69) is 23.5 Å². The molecule has 0 radical (unpaired) electrons. The van der Waals surface area contributed by atoms with Crippen LogP contribution in [0.15, 0.2) is 54.6 Å². The van der Waals surface area contributed by atoms with Crippen LogP contribution in [0.4, 0.5) is 5.95 Å². The summed E-state index contributed by atoms with van der Waals surface area (Å²) in [6.45, 7) is 2.12. The number of ether oxygens (including phenoxy) is 2. The number of rotatable bonds is 5. The topological polar surface area (TPSA) is 56.3 Å². The summed E-state index contributed by atoms with van der Waals surface area (Å²) in [7, 11) is 1.77. The Bertz CT molecular complexity index is 877. The third kappa shape index (κ3) is 3.41. The first-order chi connectivity index (χ1) is 12.8. The number of methoxy groups -OCH3 is 1. The maximum atomic E-state index is 5.80. The highest BCUT2D eigenvalue weighted by Crippen LogP contribution is 2.28. The zero-order valence-corrected chi connectivity index (χ0v) is 14.9. The summed E-state index contributed by atoms with van der Waals surface area (Å²) in [5, 5.41) is 4.46. The van der Waals surface area contributed by atoms with E-state index in [-0.39, 0.29) is 5.60 Å². The lowest BCUT2D eigenvalue weighted by atomic mass is 9.94. The van der Waals surface area contributed by atoms with Gasteiger partial charge in [-0.3, -0.25) is 0 Å². The molecule has 134 valence electrons. The average Bonchev–Trinajstić information content (AvgIpc) is 2.73. The van der Waals surface area contributed by atoms with Crippen molar-refractivity contribution in [3.8, 4) is 11.3 Å². The van der Waals surface area contributed by atoms with Crippen LogP contribution in [0.3, 0.4) is 0 Å². The van der Waals surface area contributed by atoms with Gasteiger partial charge in [-0.15, -0.1) is 0 Å². The predicted molar refractivity (Wildman–Crippen MR) is 103 cm³/mol. The van der Waals surface area contributed by atoms with Crippen molar-refractivity contribution in [1.82, 2.24) is 9.97 Å². The van der Waals surface area contributed by atoms with Crippen LogP contribution >= 0.6 is 0 Å². The standard InChI is InChI=1S/C21H23N3O2/c1-25-21(11-13-26-14-12-21)15-22-20-23-18-10-6-5-9-17(18)19(24-20)16-7-3-2-4-8-16/h2-10H,11-15H2,1H3,(H,22,23,24). The molecule has 0 bridgehead atoms. The number of hydrogen-bond donors (Lipinski definition) is 1.